The summed E-state index contributed by atoms with van der Waals surface area (Å²) in [6.45, 7) is 9.89. The number of nitrogens with zero attached hydrogens (tertiary/aromatic N) is 1. The maximum Gasteiger partial charge on any atom is 0.267 e. The number of hydrogen-bond acceptors (Lipinski definition) is 5. The van der Waals surface area contributed by atoms with Crippen molar-refractivity contribution in [2.75, 3.05) is 22.4 Å². The molecule has 0 fully saturated rings. The van der Waals surface area contributed by atoms with Gasteiger partial charge in [-0.25, -0.2) is 8.42 Å². The molecule has 1 unspecified atom stereocenters. The van der Waals surface area contributed by atoms with Crippen molar-refractivity contribution in [2.24, 2.45) is 0 Å². The van der Waals surface area contributed by atoms with Crippen molar-refractivity contribution < 1.29 is 22.7 Å². The Kier molecular flexibility index (Phi) is 6.23. The Labute approximate surface area is 184 Å². The van der Waals surface area contributed by atoms with Crippen molar-refractivity contribution in [1.29, 1.82) is 0 Å². The molecule has 1 amide bonds. The summed E-state index contributed by atoms with van der Waals surface area (Å²) in [4.78, 5) is 12.9. The molecule has 1 heterocycles. The molecule has 0 aromatic heterocycles. The standard InChI is InChI=1S/C23H30N2O5S/c1-15(2)29-18-9-7-8-17(13-18)24-22(26)21-14-25(31(6,27)28)19-12-16(23(3,4)5)10-11-20(19)30-21/h7-13,15,21H,14H2,1-6H3,(H,24,26). The van der Waals surface area contributed by atoms with Gasteiger partial charge in [-0.15, -0.1) is 0 Å². The molecule has 3 rings (SSSR count). The molecule has 1 atom stereocenters. The number of fused-ring (bicyclic) bond motifs is 1. The lowest BCUT2D eigenvalue weighted by atomic mass is 9.86. The molecule has 0 radical (unpaired) electrons. The number of anilines is 2. The van der Waals surface area contributed by atoms with Gasteiger partial charge in [0.2, 0.25) is 10.0 Å². The Morgan fingerprint density at radius 2 is 1.90 bits per heavy atom. The minimum atomic E-state index is -3.61. The van der Waals surface area contributed by atoms with Crippen LogP contribution in [0.5, 0.6) is 11.5 Å². The quantitative estimate of drug-likeness (QED) is 0.752. The summed E-state index contributed by atoms with van der Waals surface area (Å²) in [6.07, 6.45) is 0.149. The maximum atomic E-state index is 12.9. The van der Waals surface area contributed by atoms with Crippen molar-refractivity contribution in [1.82, 2.24) is 0 Å². The topological polar surface area (TPSA) is 84.9 Å². The summed E-state index contributed by atoms with van der Waals surface area (Å²) in [7, 11) is -3.61. The third kappa shape index (κ3) is 5.50. The molecule has 31 heavy (non-hydrogen) atoms. The van der Waals surface area contributed by atoms with E-state index in [1.807, 2.05) is 26.0 Å². The highest BCUT2D eigenvalue weighted by Crippen LogP contribution is 2.38. The zero-order valence-electron chi connectivity index (χ0n) is 18.8. The third-order valence-corrected chi connectivity index (χ3v) is 6.01. The molecule has 0 bridgehead atoms. The fourth-order valence-corrected chi connectivity index (χ4v) is 4.22. The number of benzene rings is 2. The molecule has 1 N–H and O–H groups in total. The molecule has 2 aromatic rings. The normalized spacial score (nSPS) is 16.5. The second-order valence-corrected chi connectivity index (χ2v) is 10.9. The molecule has 1 aliphatic rings. The van der Waals surface area contributed by atoms with E-state index in [0.29, 0.717) is 22.9 Å². The van der Waals surface area contributed by atoms with E-state index in [9.17, 15) is 13.2 Å². The van der Waals surface area contributed by atoms with Crippen LogP contribution in [0.3, 0.4) is 0 Å². The highest BCUT2D eigenvalue weighted by molar-refractivity contribution is 7.92. The first-order valence-corrected chi connectivity index (χ1v) is 12.1. The fraction of sp³-hybridized carbons (Fsp3) is 0.435. The van der Waals surface area contributed by atoms with Crippen molar-refractivity contribution >= 4 is 27.3 Å². The zero-order chi connectivity index (χ0) is 23.0. The number of carbonyl (C=O) groups excluding carboxylic acids is 1. The third-order valence-electron chi connectivity index (χ3n) is 4.86. The van der Waals surface area contributed by atoms with Crippen LogP contribution in [0.4, 0.5) is 11.4 Å². The molecule has 168 valence electrons. The number of nitrogens with one attached hydrogen (secondary N) is 1. The Morgan fingerprint density at radius 3 is 2.52 bits per heavy atom. The van der Waals surface area contributed by atoms with Gasteiger partial charge in [-0.05, 0) is 49.1 Å². The lowest BCUT2D eigenvalue weighted by Gasteiger charge is -2.35. The second kappa shape index (κ2) is 8.42. The number of amides is 1. The number of sulfonamides is 1. The molecule has 2 aromatic carbocycles. The van der Waals surface area contributed by atoms with E-state index in [1.54, 1.807) is 30.3 Å². The Balaban J connectivity index is 1.87. The van der Waals surface area contributed by atoms with E-state index < -0.39 is 22.0 Å². The first-order valence-electron chi connectivity index (χ1n) is 10.2. The minimum absolute atomic E-state index is 0.00504. The smallest absolute Gasteiger partial charge is 0.267 e. The lowest BCUT2D eigenvalue weighted by molar-refractivity contribution is -0.122. The summed E-state index contributed by atoms with van der Waals surface area (Å²) >= 11 is 0. The summed E-state index contributed by atoms with van der Waals surface area (Å²) < 4.78 is 37.8. The first-order chi connectivity index (χ1) is 14.3. The maximum absolute atomic E-state index is 12.9. The van der Waals surface area contributed by atoms with Gasteiger partial charge in [0.1, 0.15) is 11.5 Å². The summed E-state index contributed by atoms with van der Waals surface area (Å²) in [5.74, 6) is 0.567. The van der Waals surface area contributed by atoms with Gasteiger partial charge in [0.15, 0.2) is 6.10 Å². The van der Waals surface area contributed by atoms with Crippen molar-refractivity contribution in [3.05, 3.63) is 48.0 Å². The predicted molar refractivity (Wildman–Crippen MR) is 123 cm³/mol. The number of ether oxygens (including phenoxy) is 2. The molecule has 0 saturated heterocycles. The van der Waals surface area contributed by atoms with Crippen LogP contribution in [0.1, 0.15) is 40.2 Å². The number of hydrogen-bond donors (Lipinski definition) is 1. The molecular formula is C23H30N2O5S. The Morgan fingerprint density at radius 1 is 1.19 bits per heavy atom. The van der Waals surface area contributed by atoms with E-state index in [-0.39, 0.29) is 18.1 Å². The van der Waals surface area contributed by atoms with Gasteiger partial charge in [-0.2, -0.15) is 0 Å². The van der Waals surface area contributed by atoms with Crippen LogP contribution < -0.4 is 19.1 Å². The van der Waals surface area contributed by atoms with Crippen LogP contribution in [0.15, 0.2) is 42.5 Å². The molecule has 1 aliphatic heterocycles. The average molecular weight is 447 g/mol. The minimum Gasteiger partial charge on any atom is -0.491 e. The van der Waals surface area contributed by atoms with Gasteiger partial charge in [0, 0.05) is 11.8 Å². The Bertz CT molecular complexity index is 1070. The lowest BCUT2D eigenvalue weighted by Crippen LogP contribution is -2.48. The molecule has 0 saturated carbocycles. The Hall–Kier alpha value is -2.74. The average Bonchev–Trinajstić information content (AvgIpc) is 2.64. The van der Waals surface area contributed by atoms with E-state index in [1.165, 1.54) is 4.31 Å². The van der Waals surface area contributed by atoms with Crippen LogP contribution >= 0.6 is 0 Å². The van der Waals surface area contributed by atoms with Crippen LogP contribution in [0.2, 0.25) is 0 Å². The molecule has 8 heteroatoms. The SMILES string of the molecule is CC(C)Oc1cccc(NC(=O)C2CN(S(C)(=O)=O)c3cc(C(C)(C)C)ccc3O2)c1. The van der Waals surface area contributed by atoms with Gasteiger partial charge < -0.3 is 14.8 Å². The van der Waals surface area contributed by atoms with Gasteiger partial charge in [0.05, 0.1) is 24.6 Å². The van der Waals surface area contributed by atoms with Gasteiger partial charge in [-0.1, -0.05) is 32.9 Å². The molecule has 7 nitrogen and oxygen atoms in total. The molecule has 0 aliphatic carbocycles. The largest absolute Gasteiger partial charge is 0.491 e. The van der Waals surface area contributed by atoms with Crippen molar-refractivity contribution in [3.63, 3.8) is 0 Å². The van der Waals surface area contributed by atoms with E-state index >= 15 is 0 Å². The zero-order valence-corrected chi connectivity index (χ0v) is 19.6. The summed E-state index contributed by atoms with van der Waals surface area (Å²) in [5, 5.41) is 2.80. The highest BCUT2D eigenvalue weighted by atomic mass is 32.2. The van der Waals surface area contributed by atoms with Gasteiger partial charge in [-0.3, -0.25) is 9.10 Å². The van der Waals surface area contributed by atoms with E-state index in [2.05, 4.69) is 26.1 Å². The monoisotopic (exact) mass is 446 g/mol. The summed E-state index contributed by atoms with van der Waals surface area (Å²) in [5.41, 5.74) is 1.82. The van der Waals surface area contributed by atoms with Gasteiger partial charge in [0.25, 0.3) is 5.91 Å². The highest BCUT2D eigenvalue weighted by Gasteiger charge is 2.36. The molecule has 0 spiro atoms. The van der Waals surface area contributed by atoms with Crippen LogP contribution in [0.25, 0.3) is 0 Å². The summed E-state index contributed by atoms with van der Waals surface area (Å²) in [6, 6.07) is 12.5. The van der Waals surface area contributed by atoms with Crippen molar-refractivity contribution in [2.45, 2.75) is 52.2 Å². The van der Waals surface area contributed by atoms with E-state index in [4.69, 9.17) is 9.47 Å². The second-order valence-electron chi connectivity index (χ2n) is 9.02. The van der Waals surface area contributed by atoms with E-state index in [0.717, 1.165) is 11.8 Å². The van der Waals surface area contributed by atoms with Crippen LogP contribution in [0, 0.1) is 0 Å². The predicted octanol–water partition coefficient (Wildman–Crippen LogP) is 3.94. The van der Waals surface area contributed by atoms with Crippen LogP contribution in [-0.2, 0) is 20.2 Å². The number of carbonyl (C=O) groups is 1. The number of rotatable bonds is 5. The van der Waals surface area contributed by atoms with Crippen LogP contribution in [-0.4, -0.2) is 39.3 Å². The molecular weight excluding hydrogens is 416 g/mol. The van der Waals surface area contributed by atoms with Gasteiger partial charge >= 0.3 is 0 Å². The van der Waals surface area contributed by atoms with Crippen molar-refractivity contribution in [3.8, 4) is 11.5 Å². The first kappa shape index (κ1) is 22.9. The fourth-order valence-electron chi connectivity index (χ4n) is 3.31.